The molecule has 1 heterocycles. The molecule has 5 heteroatoms. The van der Waals surface area contributed by atoms with E-state index in [4.69, 9.17) is 18.6 Å². The molecule has 0 unspecified atom stereocenters. The number of allylic oxidation sites excluding steroid dienone is 3. The van der Waals surface area contributed by atoms with Gasteiger partial charge in [0, 0.05) is 6.07 Å². The average molecular weight is 386 g/mol. The van der Waals surface area contributed by atoms with Gasteiger partial charge in [-0.15, -0.1) is 0 Å². The molecule has 0 fully saturated rings. The fraction of sp³-hybridized carbons (Fsp3) is 0.435. The molecule has 0 saturated heterocycles. The predicted molar refractivity (Wildman–Crippen MR) is 113 cm³/mol. The molecule has 0 radical (unpaired) electrons. The minimum absolute atomic E-state index is 0.0739. The van der Waals surface area contributed by atoms with Crippen LogP contribution in [-0.4, -0.2) is 19.8 Å². The molecule has 1 aromatic carbocycles. The third-order valence-electron chi connectivity index (χ3n) is 4.12. The zero-order valence-corrected chi connectivity index (χ0v) is 17.6. The summed E-state index contributed by atoms with van der Waals surface area (Å²) in [6.07, 6.45) is 6.24. The summed E-state index contributed by atoms with van der Waals surface area (Å²) in [5.74, 6) is 1.10. The summed E-state index contributed by atoms with van der Waals surface area (Å²) < 4.78 is 22.2. The van der Waals surface area contributed by atoms with Crippen molar-refractivity contribution < 1.29 is 18.6 Å². The molecule has 1 aromatic heterocycles. The number of rotatable bonds is 9. The van der Waals surface area contributed by atoms with Crippen LogP contribution < -0.4 is 19.8 Å². The maximum absolute atomic E-state index is 12.2. The largest absolute Gasteiger partial charge is 0.489 e. The first-order valence-corrected chi connectivity index (χ1v) is 9.55. The maximum atomic E-state index is 12.2. The molecule has 2 rings (SSSR count). The van der Waals surface area contributed by atoms with E-state index >= 15 is 0 Å². The summed E-state index contributed by atoms with van der Waals surface area (Å²) >= 11 is 0. The standard InChI is InChI=1S/C23H30O5/c1-15(2)8-7-9-17(5)12-13-26-18-10-11-19-20(14-18)28-23(24)22(25-6)21(19)27-16(3)4/h8,10-12,14,16H,7,9,13H2,1-6H3/b17-12+. The van der Waals surface area contributed by atoms with Gasteiger partial charge in [-0.2, -0.15) is 0 Å². The van der Waals surface area contributed by atoms with Crippen LogP contribution in [0.25, 0.3) is 11.0 Å². The Morgan fingerprint density at radius 3 is 2.54 bits per heavy atom. The lowest BCUT2D eigenvalue weighted by Crippen LogP contribution is -2.12. The van der Waals surface area contributed by atoms with Gasteiger partial charge in [0.15, 0.2) is 5.75 Å². The van der Waals surface area contributed by atoms with Crippen LogP contribution in [0.3, 0.4) is 0 Å². The SMILES string of the molecule is COc1c(OC(C)C)c2ccc(OC/C=C(\C)CCC=C(C)C)cc2oc1=O. The number of ether oxygens (including phenoxy) is 3. The lowest BCUT2D eigenvalue weighted by atomic mass is 10.1. The first-order valence-electron chi connectivity index (χ1n) is 9.55. The lowest BCUT2D eigenvalue weighted by molar-refractivity contribution is 0.229. The number of hydrogen-bond donors (Lipinski definition) is 0. The van der Waals surface area contributed by atoms with Crippen molar-refractivity contribution in [2.45, 2.75) is 53.6 Å². The van der Waals surface area contributed by atoms with E-state index < -0.39 is 5.63 Å². The summed E-state index contributed by atoms with van der Waals surface area (Å²) in [4.78, 5) is 12.2. The van der Waals surface area contributed by atoms with Gasteiger partial charge in [0.25, 0.3) is 0 Å². The monoisotopic (exact) mass is 386 g/mol. The highest BCUT2D eigenvalue weighted by Gasteiger charge is 2.18. The van der Waals surface area contributed by atoms with Crippen LogP contribution in [0.5, 0.6) is 17.2 Å². The minimum Gasteiger partial charge on any atom is -0.489 e. The molecular weight excluding hydrogens is 356 g/mol. The fourth-order valence-corrected chi connectivity index (χ4v) is 2.73. The Morgan fingerprint density at radius 2 is 1.89 bits per heavy atom. The Bertz CT molecular complexity index is 914. The first kappa shape index (κ1) is 21.6. The number of hydrogen-bond acceptors (Lipinski definition) is 5. The minimum atomic E-state index is -0.571. The Labute approximate surface area is 166 Å². The van der Waals surface area contributed by atoms with Crippen molar-refractivity contribution in [1.82, 2.24) is 0 Å². The quantitative estimate of drug-likeness (QED) is 0.411. The number of methoxy groups -OCH3 is 1. The molecular formula is C23H30O5. The van der Waals surface area contributed by atoms with Gasteiger partial charge < -0.3 is 18.6 Å². The molecule has 0 atom stereocenters. The molecule has 5 nitrogen and oxygen atoms in total. The molecule has 28 heavy (non-hydrogen) atoms. The summed E-state index contributed by atoms with van der Waals surface area (Å²) in [6.45, 7) is 10.6. The van der Waals surface area contributed by atoms with Crippen LogP contribution >= 0.6 is 0 Å². The third kappa shape index (κ3) is 5.91. The Hall–Kier alpha value is -2.69. The van der Waals surface area contributed by atoms with Gasteiger partial charge in [-0.25, -0.2) is 4.79 Å². The highest BCUT2D eigenvalue weighted by molar-refractivity contribution is 5.86. The Kier molecular flexibility index (Phi) is 7.73. The molecule has 152 valence electrons. The van der Waals surface area contributed by atoms with Crippen LogP contribution in [0.4, 0.5) is 0 Å². The van der Waals surface area contributed by atoms with E-state index in [1.807, 2.05) is 26.0 Å². The van der Waals surface area contributed by atoms with E-state index in [-0.39, 0.29) is 11.9 Å². The van der Waals surface area contributed by atoms with E-state index in [2.05, 4.69) is 32.9 Å². The zero-order chi connectivity index (χ0) is 20.7. The predicted octanol–water partition coefficient (Wildman–Crippen LogP) is 5.66. The Morgan fingerprint density at radius 1 is 1.14 bits per heavy atom. The summed E-state index contributed by atoms with van der Waals surface area (Å²) in [5.41, 5.74) is 2.45. The van der Waals surface area contributed by atoms with Crippen LogP contribution in [0.15, 0.2) is 50.7 Å². The van der Waals surface area contributed by atoms with Gasteiger partial charge in [0.05, 0.1) is 18.6 Å². The second-order valence-corrected chi connectivity index (χ2v) is 7.26. The second-order valence-electron chi connectivity index (χ2n) is 7.26. The molecule has 0 aliphatic heterocycles. The van der Waals surface area contributed by atoms with Gasteiger partial charge in [-0.1, -0.05) is 17.2 Å². The zero-order valence-electron chi connectivity index (χ0n) is 17.6. The van der Waals surface area contributed by atoms with E-state index in [1.165, 1.54) is 18.3 Å². The highest BCUT2D eigenvalue weighted by Crippen LogP contribution is 2.35. The number of benzene rings is 1. The van der Waals surface area contributed by atoms with Crippen LogP contribution in [-0.2, 0) is 0 Å². The van der Waals surface area contributed by atoms with Gasteiger partial charge >= 0.3 is 5.63 Å². The van der Waals surface area contributed by atoms with Crippen molar-refractivity contribution in [3.63, 3.8) is 0 Å². The van der Waals surface area contributed by atoms with Crippen molar-refractivity contribution in [2.75, 3.05) is 13.7 Å². The molecule has 2 aromatic rings. The van der Waals surface area contributed by atoms with E-state index in [1.54, 1.807) is 6.07 Å². The smallest absolute Gasteiger partial charge is 0.383 e. The summed E-state index contributed by atoms with van der Waals surface area (Å²) in [6, 6.07) is 5.36. The molecule has 0 spiro atoms. The van der Waals surface area contributed by atoms with E-state index in [0.29, 0.717) is 29.1 Å². The molecule has 0 aliphatic rings. The molecule has 0 bridgehead atoms. The topological polar surface area (TPSA) is 57.9 Å². The fourth-order valence-electron chi connectivity index (χ4n) is 2.73. The van der Waals surface area contributed by atoms with Crippen molar-refractivity contribution in [3.8, 4) is 17.2 Å². The van der Waals surface area contributed by atoms with Gasteiger partial charge in [0.2, 0.25) is 5.75 Å². The van der Waals surface area contributed by atoms with Crippen LogP contribution in [0, 0.1) is 0 Å². The van der Waals surface area contributed by atoms with Gasteiger partial charge in [0.1, 0.15) is 17.9 Å². The van der Waals surface area contributed by atoms with Crippen molar-refractivity contribution in [1.29, 1.82) is 0 Å². The van der Waals surface area contributed by atoms with Crippen molar-refractivity contribution >= 4 is 11.0 Å². The van der Waals surface area contributed by atoms with Crippen LogP contribution in [0.1, 0.15) is 47.5 Å². The molecule has 0 saturated carbocycles. The molecule has 0 amide bonds. The third-order valence-corrected chi connectivity index (χ3v) is 4.12. The van der Waals surface area contributed by atoms with Crippen molar-refractivity contribution in [3.05, 3.63) is 51.9 Å². The number of fused-ring (bicyclic) bond motifs is 1. The average Bonchev–Trinajstić information content (AvgIpc) is 2.61. The second kappa shape index (κ2) is 10.0. The molecule has 0 N–H and O–H groups in total. The first-order chi connectivity index (χ1) is 13.3. The summed E-state index contributed by atoms with van der Waals surface area (Å²) in [7, 11) is 1.43. The van der Waals surface area contributed by atoms with Gasteiger partial charge in [-0.3, -0.25) is 0 Å². The Balaban J connectivity index is 2.18. The lowest BCUT2D eigenvalue weighted by Gasteiger charge is -2.15. The van der Waals surface area contributed by atoms with E-state index in [0.717, 1.165) is 12.8 Å². The van der Waals surface area contributed by atoms with Gasteiger partial charge in [-0.05, 0) is 65.7 Å². The van der Waals surface area contributed by atoms with Crippen LogP contribution in [0.2, 0.25) is 0 Å². The van der Waals surface area contributed by atoms with Crippen molar-refractivity contribution in [2.24, 2.45) is 0 Å². The van der Waals surface area contributed by atoms with E-state index in [9.17, 15) is 4.79 Å². The maximum Gasteiger partial charge on any atom is 0.383 e. The normalized spacial score (nSPS) is 11.6. The summed E-state index contributed by atoms with van der Waals surface area (Å²) in [5, 5.41) is 0.672. The molecule has 0 aliphatic carbocycles. The highest BCUT2D eigenvalue weighted by atomic mass is 16.5.